The summed E-state index contributed by atoms with van der Waals surface area (Å²) in [6, 6.07) is 3.92. The molecule has 2 rings (SSSR count). The minimum absolute atomic E-state index is 0.0898. The first kappa shape index (κ1) is 13.9. The van der Waals surface area contributed by atoms with E-state index in [2.05, 4.69) is 25.6 Å². The van der Waals surface area contributed by atoms with Crippen LogP contribution in [0, 0.1) is 0 Å². The average molecular weight is 271 g/mol. The Morgan fingerprint density at radius 2 is 1.85 bits per heavy atom. The van der Waals surface area contributed by atoms with Crippen molar-refractivity contribution in [3.8, 4) is 0 Å². The molecule has 2 aromatic heterocycles. The minimum atomic E-state index is -0.166. The van der Waals surface area contributed by atoms with Crippen LogP contribution in [0.25, 0.3) is 0 Å². The van der Waals surface area contributed by atoms with Crippen LogP contribution in [0.1, 0.15) is 29.8 Å². The van der Waals surface area contributed by atoms with Gasteiger partial charge < -0.3 is 10.6 Å². The summed E-state index contributed by atoms with van der Waals surface area (Å²) in [6.45, 7) is 4.42. The fraction of sp³-hybridized carbons (Fsp3) is 0.286. The summed E-state index contributed by atoms with van der Waals surface area (Å²) in [5, 5.41) is 5.88. The topological polar surface area (TPSA) is 79.8 Å². The molecule has 1 amide bonds. The van der Waals surface area contributed by atoms with E-state index < -0.39 is 0 Å². The molecule has 0 fully saturated rings. The van der Waals surface area contributed by atoms with E-state index in [1.165, 1.54) is 12.4 Å². The average Bonchev–Trinajstić information content (AvgIpc) is 2.46. The second-order valence-corrected chi connectivity index (χ2v) is 4.63. The van der Waals surface area contributed by atoms with E-state index >= 15 is 0 Å². The van der Waals surface area contributed by atoms with Gasteiger partial charge in [-0.3, -0.25) is 9.78 Å². The number of carbonyl (C=O) groups excluding carboxylic acids is 1. The lowest BCUT2D eigenvalue weighted by molar-refractivity contribution is 0.0942. The molecule has 0 aliphatic rings. The number of hydrogen-bond donors (Lipinski definition) is 2. The van der Waals surface area contributed by atoms with Gasteiger partial charge in [-0.15, -0.1) is 0 Å². The largest absolute Gasteiger partial charge is 0.350 e. The molecular formula is C14H17N5O. The molecular weight excluding hydrogens is 254 g/mol. The van der Waals surface area contributed by atoms with Crippen molar-refractivity contribution in [2.24, 2.45) is 0 Å². The van der Waals surface area contributed by atoms with Crippen molar-refractivity contribution in [2.75, 3.05) is 5.32 Å². The van der Waals surface area contributed by atoms with Gasteiger partial charge in [0.2, 0.25) is 5.95 Å². The van der Waals surface area contributed by atoms with E-state index in [0.29, 0.717) is 18.1 Å². The number of anilines is 1. The van der Waals surface area contributed by atoms with Gasteiger partial charge in [0.1, 0.15) is 0 Å². The maximum Gasteiger partial charge on any atom is 0.254 e. The molecule has 2 heterocycles. The van der Waals surface area contributed by atoms with Gasteiger partial charge in [0.15, 0.2) is 0 Å². The maximum absolute atomic E-state index is 11.7. The standard InChI is InChI=1S/C14H17N5O/c1-10(2)19-13(20)12-8-17-14(18-9-12)16-7-11-3-5-15-6-4-11/h3-6,8-10H,7H2,1-2H3,(H,19,20)(H,16,17,18). The molecule has 0 radical (unpaired) electrons. The molecule has 0 saturated heterocycles. The Morgan fingerprint density at radius 3 is 2.45 bits per heavy atom. The van der Waals surface area contributed by atoms with Crippen molar-refractivity contribution in [2.45, 2.75) is 26.4 Å². The number of nitrogens with one attached hydrogen (secondary N) is 2. The Morgan fingerprint density at radius 1 is 1.20 bits per heavy atom. The molecule has 0 spiro atoms. The van der Waals surface area contributed by atoms with E-state index in [0.717, 1.165) is 5.56 Å². The predicted octanol–water partition coefficient (Wildman–Crippen LogP) is 1.62. The van der Waals surface area contributed by atoms with Gasteiger partial charge in [-0.2, -0.15) is 0 Å². The minimum Gasteiger partial charge on any atom is -0.350 e. The van der Waals surface area contributed by atoms with E-state index in [9.17, 15) is 4.79 Å². The number of rotatable bonds is 5. The smallest absolute Gasteiger partial charge is 0.254 e. The molecule has 2 aromatic rings. The van der Waals surface area contributed by atoms with Crippen LogP contribution < -0.4 is 10.6 Å². The zero-order chi connectivity index (χ0) is 14.4. The predicted molar refractivity (Wildman–Crippen MR) is 76.2 cm³/mol. The molecule has 2 N–H and O–H groups in total. The molecule has 104 valence electrons. The molecule has 6 nitrogen and oxygen atoms in total. The molecule has 20 heavy (non-hydrogen) atoms. The molecule has 0 aromatic carbocycles. The zero-order valence-electron chi connectivity index (χ0n) is 11.5. The molecule has 0 unspecified atom stereocenters. The third-order valence-electron chi connectivity index (χ3n) is 2.53. The summed E-state index contributed by atoms with van der Waals surface area (Å²) >= 11 is 0. The molecule has 0 saturated carbocycles. The number of nitrogens with zero attached hydrogens (tertiary/aromatic N) is 3. The van der Waals surface area contributed by atoms with Gasteiger partial charge in [0.05, 0.1) is 5.56 Å². The van der Waals surface area contributed by atoms with Gasteiger partial charge in [0, 0.05) is 37.4 Å². The van der Waals surface area contributed by atoms with Gasteiger partial charge >= 0.3 is 0 Å². The fourth-order valence-corrected chi connectivity index (χ4v) is 1.56. The third kappa shape index (κ3) is 4.01. The highest BCUT2D eigenvalue weighted by atomic mass is 16.1. The SMILES string of the molecule is CC(C)NC(=O)c1cnc(NCc2ccncc2)nc1. The lowest BCUT2D eigenvalue weighted by atomic mass is 10.3. The van der Waals surface area contributed by atoms with Crippen LogP contribution in [0.15, 0.2) is 36.9 Å². The first-order valence-corrected chi connectivity index (χ1v) is 6.41. The maximum atomic E-state index is 11.7. The molecule has 0 bridgehead atoms. The van der Waals surface area contributed by atoms with Crippen molar-refractivity contribution in [1.82, 2.24) is 20.3 Å². The van der Waals surface area contributed by atoms with Gasteiger partial charge in [0.25, 0.3) is 5.91 Å². The Labute approximate surface area is 117 Å². The first-order chi connectivity index (χ1) is 9.65. The Kier molecular flexibility index (Phi) is 4.60. The Balaban J connectivity index is 1.93. The third-order valence-corrected chi connectivity index (χ3v) is 2.53. The highest BCUT2D eigenvalue weighted by Gasteiger charge is 2.07. The number of aromatic nitrogens is 3. The summed E-state index contributed by atoms with van der Waals surface area (Å²) in [7, 11) is 0. The van der Waals surface area contributed by atoms with E-state index in [1.54, 1.807) is 12.4 Å². The summed E-state index contributed by atoms with van der Waals surface area (Å²) in [5.41, 5.74) is 1.54. The van der Waals surface area contributed by atoms with Gasteiger partial charge in [-0.25, -0.2) is 9.97 Å². The molecule has 0 aliphatic heterocycles. The quantitative estimate of drug-likeness (QED) is 0.864. The van der Waals surface area contributed by atoms with Crippen molar-refractivity contribution in [1.29, 1.82) is 0 Å². The van der Waals surface area contributed by atoms with Crippen LogP contribution in [-0.2, 0) is 6.54 Å². The lowest BCUT2D eigenvalue weighted by Gasteiger charge is -2.08. The van der Waals surface area contributed by atoms with Crippen molar-refractivity contribution in [3.63, 3.8) is 0 Å². The highest BCUT2D eigenvalue weighted by molar-refractivity contribution is 5.93. The summed E-state index contributed by atoms with van der Waals surface area (Å²) in [4.78, 5) is 23.9. The number of pyridine rings is 1. The second-order valence-electron chi connectivity index (χ2n) is 4.63. The van der Waals surface area contributed by atoms with Crippen LogP contribution in [0.2, 0.25) is 0 Å². The fourth-order valence-electron chi connectivity index (χ4n) is 1.56. The van der Waals surface area contributed by atoms with Gasteiger partial charge in [-0.05, 0) is 31.5 Å². The number of hydrogen-bond acceptors (Lipinski definition) is 5. The molecule has 0 aliphatic carbocycles. The van der Waals surface area contributed by atoms with Crippen LogP contribution in [0.4, 0.5) is 5.95 Å². The van der Waals surface area contributed by atoms with Crippen LogP contribution in [0.3, 0.4) is 0 Å². The lowest BCUT2D eigenvalue weighted by Crippen LogP contribution is -2.30. The number of carbonyl (C=O) groups is 1. The molecule has 0 atom stereocenters. The first-order valence-electron chi connectivity index (χ1n) is 6.41. The zero-order valence-corrected chi connectivity index (χ0v) is 11.5. The summed E-state index contributed by atoms with van der Waals surface area (Å²) in [5.74, 6) is 0.323. The van der Waals surface area contributed by atoms with Crippen molar-refractivity contribution in [3.05, 3.63) is 48.0 Å². The second kappa shape index (κ2) is 6.60. The number of amides is 1. The van der Waals surface area contributed by atoms with E-state index in [1.807, 2.05) is 26.0 Å². The monoisotopic (exact) mass is 271 g/mol. The van der Waals surface area contributed by atoms with E-state index in [-0.39, 0.29) is 11.9 Å². The summed E-state index contributed by atoms with van der Waals surface area (Å²) < 4.78 is 0. The van der Waals surface area contributed by atoms with Crippen LogP contribution >= 0.6 is 0 Å². The van der Waals surface area contributed by atoms with Crippen molar-refractivity contribution >= 4 is 11.9 Å². The van der Waals surface area contributed by atoms with Gasteiger partial charge in [-0.1, -0.05) is 0 Å². The molecule has 6 heteroatoms. The summed E-state index contributed by atoms with van der Waals surface area (Å²) in [6.07, 6.45) is 6.49. The Hall–Kier alpha value is -2.50. The van der Waals surface area contributed by atoms with Crippen molar-refractivity contribution < 1.29 is 4.79 Å². The van der Waals surface area contributed by atoms with Crippen LogP contribution in [-0.4, -0.2) is 26.9 Å². The highest BCUT2D eigenvalue weighted by Crippen LogP contribution is 2.04. The normalized spacial score (nSPS) is 10.3. The van der Waals surface area contributed by atoms with Crippen LogP contribution in [0.5, 0.6) is 0 Å². The van der Waals surface area contributed by atoms with E-state index in [4.69, 9.17) is 0 Å². The Bertz CT molecular complexity index is 554.